The number of rotatable bonds is 3. The van der Waals surface area contributed by atoms with Gasteiger partial charge in [0.05, 0.1) is 11.9 Å². The van der Waals surface area contributed by atoms with Gasteiger partial charge < -0.3 is 5.32 Å². The number of amides is 1. The summed E-state index contributed by atoms with van der Waals surface area (Å²) < 4.78 is 36.6. The molecule has 0 fully saturated rings. The van der Waals surface area contributed by atoms with E-state index in [0.717, 1.165) is 18.3 Å². The lowest BCUT2D eigenvalue weighted by Crippen LogP contribution is -2.21. The lowest BCUT2D eigenvalue weighted by molar-refractivity contribution is -0.141. The number of aromatic nitrogens is 1. The van der Waals surface area contributed by atoms with Gasteiger partial charge in [0.25, 0.3) is 0 Å². The van der Waals surface area contributed by atoms with Crippen LogP contribution in [0.1, 0.15) is 12.6 Å². The highest BCUT2D eigenvalue weighted by Gasteiger charge is 2.32. The zero-order valence-corrected chi connectivity index (χ0v) is 9.64. The fourth-order valence-corrected chi connectivity index (χ4v) is 1.11. The normalized spacial score (nSPS) is 13.2. The Morgan fingerprint density at radius 3 is 2.59 bits per heavy atom. The topological polar surface area (TPSA) is 42.0 Å². The highest BCUT2D eigenvalue weighted by molar-refractivity contribution is 6.19. The second-order valence-electron chi connectivity index (χ2n) is 3.47. The molecular formula is C10H10ClF3N2O. The van der Waals surface area contributed by atoms with Gasteiger partial charge in [0.2, 0.25) is 5.91 Å². The number of halogens is 4. The van der Waals surface area contributed by atoms with Crippen LogP contribution in [0, 0.1) is 5.92 Å². The lowest BCUT2D eigenvalue weighted by atomic mass is 10.2. The molecule has 0 bridgehead atoms. The number of nitrogens with one attached hydrogen (secondary N) is 1. The van der Waals surface area contributed by atoms with E-state index in [1.807, 2.05) is 0 Å². The first-order chi connectivity index (χ1) is 7.84. The van der Waals surface area contributed by atoms with Gasteiger partial charge in [-0.25, -0.2) is 4.98 Å². The number of hydrogen-bond donors (Lipinski definition) is 1. The molecule has 0 aliphatic rings. The summed E-state index contributed by atoms with van der Waals surface area (Å²) in [4.78, 5) is 14.6. The molecule has 3 nitrogen and oxygen atoms in total. The van der Waals surface area contributed by atoms with Gasteiger partial charge >= 0.3 is 6.18 Å². The quantitative estimate of drug-likeness (QED) is 0.855. The fraction of sp³-hybridized carbons (Fsp3) is 0.400. The molecule has 0 saturated carbocycles. The number of anilines is 1. The van der Waals surface area contributed by atoms with Crippen molar-refractivity contribution in [3.63, 3.8) is 0 Å². The summed E-state index contributed by atoms with van der Waals surface area (Å²) in [5.74, 6) is -0.639. The minimum absolute atomic E-state index is 0.139. The number of carbonyl (C=O) groups is 1. The van der Waals surface area contributed by atoms with E-state index in [1.54, 1.807) is 6.92 Å². The van der Waals surface area contributed by atoms with Crippen molar-refractivity contribution in [1.82, 2.24) is 4.98 Å². The van der Waals surface area contributed by atoms with E-state index in [1.165, 1.54) is 0 Å². The molecule has 94 valence electrons. The fourth-order valence-electron chi connectivity index (χ4n) is 0.971. The van der Waals surface area contributed by atoms with Gasteiger partial charge in [0.15, 0.2) is 0 Å². The van der Waals surface area contributed by atoms with Crippen LogP contribution in [-0.2, 0) is 11.0 Å². The maximum Gasteiger partial charge on any atom is 0.433 e. The second kappa shape index (κ2) is 5.35. The highest BCUT2D eigenvalue weighted by atomic mass is 35.5. The first-order valence-corrected chi connectivity index (χ1v) is 5.28. The number of carbonyl (C=O) groups excluding carboxylic acids is 1. The molecule has 0 aliphatic heterocycles. The largest absolute Gasteiger partial charge is 0.433 e. The summed E-state index contributed by atoms with van der Waals surface area (Å²) in [7, 11) is 0. The van der Waals surface area contributed by atoms with E-state index >= 15 is 0 Å². The van der Waals surface area contributed by atoms with E-state index < -0.39 is 17.8 Å². The SMILES string of the molecule is CC(CCl)C(=O)Nc1ccc(C(F)(F)F)nc1. The zero-order valence-electron chi connectivity index (χ0n) is 8.88. The number of pyridine rings is 1. The van der Waals surface area contributed by atoms with Gasteiger partial charge in [-0.1, -0.05) is 6.92 Å². The smallest absolute Gasteiger partial charge is 0.324 e. The minimum atomic E-state index is -4.48. The average Bonchev–Trinajstić information content (AvgIpc) is 2.27. The minimum Gasteiger partial charge on any atom is -0.324 e. The first kappa shape index (κ1) is 13.8. The molecule has 0 saturated heterocycles. The van der Waals surface area contributed by atoms with Gasteiger partial charge in [0.1, 0.15) is 5.69 Å². The standard InChI is InChI=1S/C10H10ClF3N2O/c1-6(4-11)9(17)16-7-2-3-8(15-5-7)10(12,13)14/h2-3,5-6H,4H2,1H3,(H,16,17). The molecule has 1 heterocycles. The summed E-state index contributed by atoms with van der Waals surface area (Å²) in [6, 6.07) is 1.95. The number of hydrogen-bond acceptors (Lipinski definition) is 2. The van der Waals surface area contributed by atoms with Gasteiger partial charge in [0, 0.05) is 11.8 Å². The molecule has 1 atom stereocenters. The molecule has 1 aromatic heterocycles. The molecule has 0 aliphatic carbocycles. The molecule has 0 radical (unpaired) electrons. The van der Waals surface area contributed by atoms with Gasteiger partial charge in [-0.05, 0) is 12.1 Å². The summed E-state index contributed by atoms with van der Waals surface area (Å²) in [5.41, 5.74) is -0.791. The molecular weight excluding hydrogens is 257 g/mol. The van der Waals surface area contributed by atoms with Gasteiger partial charge in [-0.2, -0.15) is 13.2 Å². The third-order valence-corrected chi connectivity index (χ3v) is 2.46. The van der Waals surface area contributed by atoms with Crippen molar-refractivity contribution in [2.75, 3.05) is 11.2 Å². The van der Waals surface area contributed by atoms with E-state index in [9.17, 15) is 18.0 Å². The Hall–Kier alpha value is -1.30. The monoisotopic (exact) mass is 266 g/mol. The van der Waals surface area contributed by atoms with E-state index in [0.29, 0.717) is 0 Å². The van der Waals surface area contributed by atoms with Crippen LogP contribution in [0.2, 0.25) is 0 Å². The van der Waals surface area contributed by atoms with Crippen molar-refractivity contribution in [2.45, 2.75) is 13.1 Å². The number of nitrogens with zero attached hydrogens (tertiary/aromatic N) is 1. The van der Waals surface area contributed by atoms with Crippen molar-refractivity contribution in [3.05, 3.63) is 24.0 Å². The Labute approximate surface area is 101 Å². The van der Waals surface area contributed by atoms with Crippen molar-refractivity contribution < 1.29 is 18.0 Å². The van der Waals surface area contributed by atoms with E-state index in [2.05, 4.69) is 10.3 Å². The van der Waals surface area contributed by atoms with Crippen molar-refractivity contribution in [1.29, 1.82) is 0 Å². The Balaban J connectivity index is 2.73. The van der Waals surface area contributed by atoms with Crippen LogP contribution in [0.3, 0.4) is 0 Å². The van der Waals surface area contributed by atoms with Crippen LogP contribution in [0.15, 0.2) is 18.3 Å². The molecule has 17 heavy (non-hydrogen) atoms. The van der Waals surface area contributed by atoms with E-state index in [4.69, 9.17) is 11.6 Å². The van der Waals surface area contributed by atoms with Crippen LogP contribution in [0.25, 0.3) is 0 Å². The molecule has 7 heteroatoms. The summed E-state index contributed by atoms with van der Waals surface area (Å²) in [6.45, 7) is 1.61. The third-order valence-electron chi connectivity index (χ3n) is 2.00. The van der Waals surface area contributed by atoms with Crippen LogP contribution >= 0.6 is 11.6 Å². The molecule has 1 unspecified atom stereocenters. The maximum atomic E-state index is 12.2. The highest BCUT2D eigenvalue weighted by Crippen LogP contribution is 2.27. The molecule has 1 amide bonds. The summed E-state index contributed by atoms with van der Waals surface area (Å²) in [6.07, 6.45) is -3.52. The van der Waals surface area contributed by atoms with Crippen LogP contribution in [0.4, 0.5) is 18.9 Å². The Kier molecular flexibility index (Phi) is 4.34. The van der Waals surface area contributed by atoms with Crippen LogP contribution < -0.4 is 5.32 Å². The molecule has 0 aromatic carbocycles. The van der Waals surface area contributed by atoms with Crippen molar-refractivity contribution in [2.24, 2.45) is 5.92 Å². The third kappa shape index (κ3) is 3.89. The first-order valence-electron chi connectivity index (χ1n) is 4.74. The molecule has 1 aromatic rings. The van der Waals surface area contributed by atoms with Crippen molar-refractivity contribution >= 4 is 23.2 Å². The predicted molar refractivity (Wildman–Crippen MR) is 57.8 cm³/mol. The predicted octanol–water partition coefficient (Wildman–Crippen LogP) is 2.91. The number of alkyl halides is 4. The van der Waals surface area contributed by atoms with Crippen LogP contribution in [0.5, 0.6) is 0 Å². The van der Waals surface area contributed by atoms with Crippen molar-refractivity contribution in [3.8, 4) is 0 Å². The second-order valence-corrected chi connectivity index (χ2v) is 3.78. The molecule has 1 N–H and O–H groups in total. The lowest BCUT2D eigenvalue weighted by Gasteiger charge is -2.10. The molecule has 0 spiro atoms. The Bertz CT molecular complexity index is 392. The zero-order chi connectivity index (χ0) is 13.1. The molecule has 1 rings (SSSR count). The van der Waals surface area contributed by atoms with E-state index in [-0.39, 0.29) is 17.5 Å². The van der Waals surface area contributed by atoms with Gasteiger partial charge in [-0.15, -0.1) is 11.6 Å². The van der Waals surface area contributed by atoms with Gasteiger partial charge in [-0.3, -0.25) is 4.79 Å². The summed E-state index contributed by atoms with van der Waals surface area (Å²) in [5, 5.41) is 2.42. The average molecular weight is 267 g/mol. The maximum absolute atomic E-state index is 12.2. The Morgan fingerprint density at radius 2 is 2.18 bits per heavy atom. The summed E-state index contributed by atoms with van der Waals surface area (Å²) >= 11 is 5.47. The Morgan fingerprint density at radius 1 is 1.53 bits per heavy atom. The van der Waals surface area contributed by atoms with Crippen LogP contribution in [-0.4, -0.2) is 16.8 Å².